The monoisotopic (exact) mass is 280 g/mol. The lowest BCUT2D eigenvalue weighted by atomic mass is 10.2. The van der Waals surface area contributed by atoms with Crippen LogP contribution < -0.4 is 0 Å². The Balaban J connectivity index is 2.42. The van der Waals surface area contributed by atoms with E-state index in [1.807, 2.05) is 29.7 Å². The fraction of sp³-hybridized carbons (Fsp3) is 0.429. The largest absolute Gasteiger partial charge is 0.465 e. The standard InChI is InChI=1S/C14H17ClN2O2/c1-3-19-14(18)9-17-12-5-4-10(2)8-11(12)16-13(17)6-7-15/h4-5,8H,3,6-7,9H2,1-2H3. The van der Waals surface area contributed by atoms with Crippen molar-refractivity contribution in [3.05, 3.63) is 29.6 Å². The first-order chi connectivity index (χ1) is 9.15. The first-order valence-electron chi connectivity index (χ1n) is 6.33. The molecule has 0 saturated heterocycles. The van der Waals surface area contributed by atoms with E-state index in [1.165, 1.54) is 0 Å². The van der Waals surface area contributed by atoms with E-state index in [2.05, 4.69) is 4.98 Å². The number of carbonyl (C=O) groups excluding carboxylic acids is 1. The summed E-state index contributed by atoms with van der Waals surface area (Å²) in [5.74, 6) is 1.05. The van der Waals surface area contributed by atoms with E-state index in [0.717, 1.165) is 22.4 Å². The second kappa shape index (κ2) is 6.06. The zero-order valence-electron chi connectivity index (χ0n) is 11.1. The van der Waals surface area contributed by atoms with Crippen LogP contribution in [-0.2, 0) is 22.5 Å². The van der Waals surface area contributed by atoms with E-state index in [0.29, 0.717) is 18.9 Å². The molecule has 102 valence electrons. The minimum Gasteiger partial charge on any atom is -0.465 e. The highest BCUT2D eigenvalue weighted by atomic mass is 35.5. The lowest BCUT2D eigenvalue weighted by Gasteiger charge is -2.07. The van der Waals surface area contributed by atoms with E-state index in [1.54, 1.807) is 6.92 Å². The highest BCUT2D eigenvalue weighted by molar-refractivity contribution is 6.17. The second-order valence-electron chi connectivity index (χ2n) is 4.35. The van der Waals surface area contributed by atoms with Gasteiger partial charge >= 0.3 is 5.97 Å². The molecular weight excluding hydrogens is 264 g/mol. The maximum Gasteiger partial charge on any atom is 0.326 e. The van der Waals surface area contributed by atoms with Gasteiger partial charge in [0.2, 0.25) is 0 Å². The average Bonchev–Trinajstić information content (AvgIpc) is 2.67. The number of halogens is 1. The Morgan fingerprint density at radius 2 is 2.26 bits per heavy atom. The van der Waals surface area contributed by atoms with Crippen molar-refractivity contribution in [3.8, 4) is 0 Å². The van der Waals surface area contributed by atoms with Crippen molar-refractivity contribution >= 4 is 28.6 Å². The number of hydrogen-bond donors (Lipinski definition) is 0. The molecule has 5 heteroatoms. The van der Waals surface area contributed by atoms with E-state index < -0.39 is 0 Å². The molecule has 0 aliphatic carbocycles. The summed E-state index contributed by atoms with van der Waals surface area (Å²) in [5, 5.41) is 0. The van der Waals surface area contributed by atoms with Crippen LogP contribution >= 0.6 is 11.6 Å². The number of fused-ring (bicyclic) bond motifs is 1. The van der Waals surface area contributed by atoms with Crippen molar-refractivity contribution in [2.45, 2.75) is 26.8 Å². The molecule has 0 radical (unpaired) electrons. The van der Waals surface area contributed by atoms with Gasteiger partial charge in [-0.1, -0.05) is 6.07 Å². The third-order valence-corrected chi connectivity index (χ3v) is 3.08. The lowest BCUT2D eigenvalue weighted by Crippen LogP contribution is -2.15. The predicted octanol–water partition coefficient (Wildman–Crippen LogP) is 2.69. The summed E-state index contributed by atoms with van der Waals surface area (Å²) in [6, 6.07) is 6.00. The van der Waals surface area contributed by atoms with Crippen molar-refractivity contribution in [1.29, 1.82) is 0 Å². The second-order valence-corrected chi connectivity index (χ2v) is 4.73. The molecule has 0 unspecified atom stereocenters. The molecule has 2 rings (SSSR count). The minimum atomic E-state index is -0.252. The number of esters is 1. The fourth-order valence-electron chi connectivity index (χ4n) is 2.08. The van der Waals surface area contributed by atoms with Crippen LogP contribution in [0, 0.1) is 6.92 Å². The van der Waals surface area contributed by atoms with Gasteiger partial charge in [-0.25, -0.2) is 4.98 Å². The topological polar surface area (TPSA) is 44.1 Å². The Morgan fingerprint density at radius 1 is 1.47 bits per heavy atom. The smallest absolute Gasteiger partial charge is 0.326 e. The van der Waals surface area contributed by atoms with Gasteiger partial charge in [0.25, 0.3) is 0 Å². The summed E-state index contributed by atoms with van der Waals surface area (Å²) in [5.41, 5.74) is 2.98. The molecule has 4 nitrogen and oxygen atoms in total. The molecule has 0 fully saturated rings. The number of benzene rings is 1. The summed E-state index contributed by atoms with van der Waals surface area (Å²) >= 11 is 5.80. The van der Waals surface area contributed by atoms with Crippen LogP contribution in [0.1, 0.15) is 18.3 Å². The number of ether oxygens (including phenoxy) is 1. The maximum absolute atomic E-state index is 11.7. The van der Waals surface area contributed by atoms with Gasteiger partial charge in [0, 0.05) is 12.3 Å². The Bertz CT molecular complexity index is 592. The number of hydrogen-bond acceptors (Lipinski definition) is 3. The van der Waals surface area contributed by atoms with Crippen LogP contribution in [0.4, 0.5) is 0 Å². The Kier molecular flexibility index (Phi) is 4.43. The summed E-state index contributed by atoms with van der Waals surface area (Å²) < 4.78 is 6.88. The summed E-state index contributed by atoms with van der Waals surface area (Å²) in [6.07, 6.45) is 0.634. The molecule has 0 bridgehead atoms. The van der Waals surface area contributed by atoms with E-state index in [9.17, 15) is 4.79 Å². The summed E-state index contributed by atoms with van der Waals surface area (Å²) in [4.78, 5) is 16.2. The van der Waals surface area contributed by atoms with Crippen molar-refractivity contribution in [2.24, 2.45) is 0 Å². The number of aryl methyl sites for hydroxylation is 2. The lowest BCUT2D eigenvalue weighted by molar-refractivity contribution is -0.143. The minimum absolute atomic E-state index is 0.180. The number of carbonyl (C=O) groups is 1. The van der Waals surface area contributed by atoms with Gasteiger partial charge in [0.15, 0.2) is 0 Å². The Hall–Kier alpha value is -1.55. The van der Waals surface area contributed by atoms with E-state index >= 15 is 0 Å². The van der Waals surface area contributed by atoms with Crippen LogP contribution in [0.2, 0.25) is 0 Å². The van der Waals surface area contributed by atoms with Gasteiger partial charge < -0.3 is 9.30 Å². The van der Waals surface area contributed by atoms with Gasteiger partial charge in [0.1, 0.15) is 12.4 Å². The van der Waals surface area contributed by atoms with Gasteiger partial charge in [0.05, 0.1) is 17.6 Å². The van der Waals surface area contributed by atoms with Gasteiger partial charge in [-0.15, -0.1) is 11.6 Å². The van der Waals surface area contributed by atoms with Crippen LogP contribution in [0.15, 0.2) is 18.2 Å². The van der Waals surface area contributed by atoms with E-state index in [-0.39, 0.29) is 12.5 Å². The summed E-state index contributed by atoms with van der Waals surface area (Å²) in [6.45, 7) is 4.38. The molecule has 1 heterocycles. The molecule has 0 amide bonds. The zero-order chi connectivity index (χ0) is 13.8. The third kappa shape index (κ3) is 3.07. The average molecular weight is 281 g/mol. The van der Waals surface area contributed by atoms with Crippen LogP contribution in [0.5, 0.6) is 0 Å². The van der Waals surface area contributed by atoms with Gasteiger partial charge in [-0.2, -0.15) is 0 Å². The molecule has 0 aliphatic rings. The normalized spacial score (nSPS) is 10.9. The third-order valence-electron chi connectivity index (χ3n) is 2.89. The van der Waals surface area contributed by atoms with Crippen LogP contribution in [0.25, 0.3) is 11.0 Å². The van der Waals surface area contributed by atoms with Crippen molar-refractivity contribution in [1.82, 2.24) is 9.55 Å². The maximum atomic E-state index is 11.7. The van der Waals surface area contributed by atoms with Crippen LogP contribution in [-0.4, -0.2) is 28.0 Å². The molecule has 19 heavy (non-hydrogen) atoms. The molecule has 0 spiro atoms. The summed E-state index contributed by atoms with van der Waals surface area (Å²) in [7, 11) is 0. The van der Waals surface area contributed by atoms with Crippen molar-refractivity contribution < 1.29 is 9.53 Å². The molecule has 2 aromatic rings. The molecule has 1 aromatic carbocycles. The molecule has 0 atom stereocenters. The Labute approximate surface area is 117 Å². The Morgan fingerprint density at radius 3 is 2.95 bits per heavy atom. The molecule has 0 N–H and O–H groups in total. The number of imidazole rings is 1. The number of aromatic nitrogens is 2. The molecule has 0 saturated carbocycles. The quantitative estimate of drug-likeness (QED) is 0.625. The van der Waals surface area contributed by atoms with Crippen molar-refractivity contribution in [3.63, 3.8) is 0 Å². The first kappa shape index (κ1) is 13.9. The molecule has 0 aliphatic heterocycles. The first-order valence-corrected chi connectivity index (χ1v) is 6.86. The highest BCUT2D eigenvalue weighted by Crippen LogP contribution is 2.18. The molecular formula is C14H17ClN2O2. The zero-order valence-corrected chi connectivity index (χ0v) is 11.9. The molecule has 1 aromatic heterocycles. The number of alkyl halides is 1. The number of rotatable bonds is 5. The number of nitrogens with zero attached hydrogens (tertiary/aromatic N) is 2. The van der Waals surface area contributed by atoms with Crippen LogP contribution in [0.3, 0.4) is 0 Å². The van der Waals surface area contributed by atoms with E-state index in [4.69, 9.17) is 16.3 Å². The van der Waals surface area contributed by atoms with Crippen molar-refractivity contribution in [2.75, 3.05) is 12.5 Å². The highest BCUT2D eigenvalue weighted by Gasteiger charge is 2.13. The fourth-order valence-corrected chi connectivity index (χ4v) is 2.25. The SMILES string of the molecule is CCOC(=O)Cn1c(CCCl)nc2cc(C)ccc21. The van der Waals surface area contributed by atoms with Gasteiger partial charge in [-0.05, 0) is 31.5 Å². The van der Waals surface area contributed by atoms with Gasteiger partial charge in [-0.3, -0.25) is 4.79 Å². The predicted molar refractivity (Wildman–Crippen MR) is 75.5 cm³/mol.